The van der Waals surface area contributed by atoms with Gasteiger partial charge in [0, 0.05) is 6.54 Å². The van der Waals surface area contributed by atoms with Crippen molar-refractivity contribution < 1.29 is 14.6 Å². The van der Waals surface area contributed by atoms with Gasteiger partial charge in [-0.15, -0.1) is 0 Å². The topological polar surface area (TPSA) is 64.7 Å². The van der Waals surface area contributed by atoms with E-state index in [2.05, 4.69) is 15.9 Å². The molecule has 5 heteroatoms. The first kappa shape index (κ1) is 14.7. The molecule has 0 fully saturated rings. The minimum Gasteiger partial charge on any atom is -0.508 e. The summed E-state index contributed by atoms with van der Waals surface area (Å²) in [5, 5.41) is 9.43. The van der Waals surface area contributed by atoms with Gasteiger partial charge in [-0.25, -0.2) is 0 Å². The van der Waals surface area contributed by atoms with Gasteiger partial charge in [0.2, 0.25) is 0 Å². The van der Waals surface area contributed by atoms with Crippen LogP contribution in [-0.4, -0.2) is 12.2 Å². The van der Waals surface area contributed by atoms with Gasteiger partial charge in [0.05, 0.1) is 11.6 Å². The van der Waals surface area contributed by atoms with E-state index in [-0.39, 0.29) is 5.75 Å². The summed E-state index contributed by atoms with van der Waals surface area (Å²) in [4.78, 5) is 0. The van der Waals surface area contributed by atoms with Crippen LogP contribution < -0.4 is 15.2 Å². The summed E-state index contributed by atoms with van der Waals surface area (Å²) in [5.74, 6) is 1.46. The number of aromatic hydroxyl groups is 1. The van der Waals surface area contributed by atoms with Crippen LogP contribution in [0.1, 0.15) is 11.1 Å². The molecule has 0 atom stereocenters. The number of rotatable bonds is 5. The highest BCUT2D eigenvalue weighted by Crippen LogP contribution is 2.37. The zero-order valence-corrected chi connectivity index (χ0v) is 12.7. The van der Waals surface area contributed by atoms with Gasteiger partial charge in [0.1, 0.15) is 12.4 Å². The molecule has 0 saturated carbocycles. The van der Waals surface area contributed by atoms with Crippen molar-refractivity contribution in [2.24, 2.45) is 5.73 Å². The number of nitrogens with two attached hydrogens (primary N) is 1. The Bertz CT molecular complexity index is 602. The number of benzene rings is 2. The Labute approximate surface area is 126 Å². The number of phenols is 1. The smallest absolute Gasteiger partial charge is 0.175 e. The van der Waals surface area contributed by atoms with E-state index >= 15 is 0 Å². The summed E-state index contributed by atoms with van der Waals surface area (Å²) in [6, 6.07) is 10.7. The Morgan fingerprint density at radius 3 is 2.65 bits per heavy atom. The minimum atomic E-state index is 0.218. The van der Waals surface area contributed by atoms with E-state index in [9.17, 15) is 5.11 Å². The molecule has 0 unspecified atom stereocenters. The van der Waals surface area contributed by atoms with E-state index in [0.717, 1.165) is 15.6 Å². The number of hydrogen-bond donors (Lipinski definition) is 2. The molecule has 4 nitrogen and oxygen atoms in total. The van der Waals surface area contributed by atoms with E-state index in [0.29, 0.717) is 24.7 Å². The minimum absolute atomic E-state index is 0.218. The summed E-state index contributed by atoms with van der Waals surface area (Å²) in [6.45, 7) is 0.771. The van der Waals surface area contributed by atoms with Crippen molar-refractivity contribution in [2.75, 3.05) is 7.11 Å². The predicted octanol–water partition coefficient (Wildman–Crippen LogP) is 3.20. The fourth-order valence-electron chi connectivity index (χ4n) is 1.83. The first-order valence-electron chi connectivity index (χ1n) is 6.11. The van der Waals surface area contributed by atoms with Crippen molar-refractivity contribution in [2.45, 2.75) is 13.2 Å². The highest BCUT2D eigenvalue weighted by Gasteiger charge is 2.11. The Kier molecular flexibility index (Phi) is 4.87. The lowest BCUT2D eigenvalue weighted by atomic mass is 10.2. The Morgan fingerprint density at radius 2 is 2.00 bits per heavy atom. The molecule has 0 saturated heterocycles. The highest BCUT2D eigenvalue weighted by atomic mass is 79.9. The molecule has 0 aromatic heterocycles. The molecule has 2 rings (SSSR count). The third-order valence-corrected chi connectivity index (χ3v) is 3.41. The fraction of sp³-hybridized carbons (Fsp3) is 0.200. The van der Waals surface area contributed by atoms with Gasteiger partial charge in [0.15, 0.2) is 11.5 Å². The average molecular weight is 338 g/mol. The first-order valence-corrected chi connectivity index (χ1v) is 6.90. The number of methoxy groups -OCH3 is 1. The van der Waals surface area contributed by atoms with Gasteiger partial charge in [0.25, 0.3) is 0 Å². The molecular formula is C15H16BrNO3. The molecule has 0 aliphatic carbocycles. The van der Waals surface area contributed by atoms with Crippen LogP contribution in [-0.2, 0) is 13.2 Å². The van der Waals surface area contributed by atoms with Gasteiger partial charge in [-0.2, -0.15) is 0 Å². The maximum atomic E-state index is 9.43. The third-order valence-electron chi connectivity index (χ3n) is 2.82. The third kappa shape index (κ3) is 3.43. The Morgan fingerprint density at radius 1 is 1.20 bits per heavy atom. The van der Waals surface area contributed by atoms with E-state index in [1.165, 1.54) is 0 Å². The van der Waals surface area contributed by atoms with Crippen LogP contribution in [0.4, 0.5) is 0 Å². The maximum Gasteiger partial charge on any atom is 0.175 e. The molecule has 0 aliphatic heterocycles. The summed E-state index contributed by atoms with van der Waals surface area (Å²) in [7, 11) is 1.59. The van der Waals surface area contributed by atoms with Gasteiger partial charge in [-0.1, -0.05) is 12.1 Å². The van der Waals surface area contributed by atoms with Crippen LogP contribution in [0.5, 0.6) is 17.2 Å². The molecular weight excluding hydrogens is 322 g/mol. The average Bonchev–Trinajstić information content (AvgIpc) is 2.45. The molecule has 0 spiro atoms. The monoisotopic (exact) mass is 337 g/mol. The van der Waals surface area contributed by atoms with Gasteiger partial charge < -0.3 is 20.3 Å². The van der Waals surface area contributed by atoms with Crippen molar-refractivity contribution in [1.29, 1.82) is 0 Å². The molecule has 0 heterocycles. The van der Waals surface area contributed by atoms with E-state index in [1.807, 2.05) is 18.2 Å². The lowest BCUT2D eigenvalue weighted by molar-refractivity contribution is 0.282. The Balaban J connectivity index is 2.20. The van der Waals surface area contributed by atoms with Crippen molar-refractivity contribution in [3.8, 4) is 17.2 Å². The van der Waals surface area contributed by atoms with Gasteiger partial charge >= 0.3 is 0 Å². The van der Waals surface area contributed by atoms with Gasteiger partial charge in [-0.3, -0.25) is 0 Å². The lowest BCUT2D eigenvalue weighted by Crippen LogP contribution is -2.01. The molecule has 0 amide bonds. The normalized spacial score (nSPS) is 10.3. The van der Waals surface area contributed by atoms with Crippen molar-refractivity contribution in [3.05, 3.63) is 52.0 Å². The van der Waals surface area contributed by atoms with Crippen LogP contribution in [0.2, 0.25) is 0 Å². The molecule has 20 heavy (non-hydrogen) atoms. The molecule has 0 bridgehead atoms. The zero-order valence-electron chi connectivity index (χ0n) is 11.1. The number of halogens is 1. The quantitative estimate of drug-likeness (QED) is 0.879. The Hall–Kier alpha value is -1.72. The SMILES string of the molecule is COc1cc(CN)cc(Br)c1OCc1cccc(O)c1. The second-order valence-corrected chi connectivity index (χ2v) is 5.13. The van der Waals surface area contributed by atoms with Crippen LogP contribution in [0, 0.1) is 0 Å². The van der Waals surface area contributed by atoms with Crippen molar-refractivity contribution in [3.63, 3.8) is 0 Å². The highest BCUT2D eigenvalue weighted by molar-refractivity contribution is 9.10. The molecule has 2 aromatic carbocycles. The number of hydrogen-bond acceptors (Lipinski definition) is 4. The summed E-state index contributed by atoms with van der Waals surface area (Å²) >= 11 is 3.46. The van der Waals surface area contributed by atoms with E-state index in [4.69, 9.17) is 15.2 Å². The summed E-state index contributed by atoms with van der Waals surface area (Å²) in [6.07, 6.45) is 0. The van der Waals surface area contributed by atoms with Crippen LogP contribution >= 0.6 is 15.9 Å². The van der Waals surface area contributed by atoms with Crippen LogP contribution in [0.3, 0.4) is 0 Å². The van der Waals surface area contributed by atoms with Crippen molar-refractivity contribution in [1.82, 2.24) is 0 Å². The first-order chi connectivity index (χ1) is 9.63. The molecule has 2 aromatic rings. The number of phenolic OH excluding ortho intramolecular Hbond substituents is 1. The van der Waals surface area contributed by atoms with Gasteiger partial charge in [-0.05, 0) is 51.3 Å². The molecule has 0 aliphatic rings. The molecule has 106 valence electrons. The van der Waals surface area contributed by atoms with E-state index < -0.39 is 0 Å². The molecule has 3 N–H and O–H groups in total. The van der Waals surface area contributed by atoms with Crippen LogP contribution in [0.25, 0.3) is 0 Å². The van der Waals surface area contributed by atoms with Crippen molar-refractivity contribution >= 4 is 15.9 Å². The number of ether oxygens (including phenoxy) is 2. The standard InChI is InChI=1S/C15H16BrNO3/c1-19-14-7-11(8-17)6-13(16)15(14)20-9-10-3-2-4-12(18)5-10/h2-7,18H,8-9,17H2,1H3. The molecule has 0 radical (unpaired) electrons. The summed E-state index contributed by atoms with van der Waals surface area (Å²) < 4.78 is 11.9. The largest absolute Gasteiger partial charge is 0.508 e. The fourth-order valence-corrected chi connectivity index (χ4v) is 2.44. The predicted molar refractivity (Wildman–Crippen MR) is 81.0 cm³/mol. The second kappa shape index (κ2) is 6.63. The van der Waals surface area contributed by atoms with Crippen LogP contribution in [0.15, 0.2) is 40.9 Å². The second-order valence-electron chi connectivity index (χ2n) is 4.27. The summed E-state index contributed by atoms with van der Waals surface area (Å²) in [5.41, 5.74) is 7.46. The maximum absolute atomic E-state index is 9.43. The van der Waals surface area contributed by atoms with E-state index in [1.54, 1.807) is 25.3 Å². The lowest BCUT2D eigenvalue weighted by Gasteiger charge is -2.14. The zero-order chi connectivity index (χ0) is 14.5.